The maximum Gasteiger partial charge on any atom is 0.417 e. The van der Waals surface area contributed by atoms with Gasteiger partial charge in [0.1, 0.15) is 5.82 Å². The summed E-state index contributed by atoms with van der Waals surface area (Å²) in [6.45, 7) is 1.21. The van der Waals surface area contributed by atoms with Crippen LogP contribution in [0.15, 0.2) is 36.5 Å². The molecule has 0 spiro atoms. The summed E-state index contributed by atoms with van der Waals surface area (Å²) in [4.78, 5) is 17.9. The standard InChI is InChI=1S/C18H17F3N4O3/c19-18(20,21)11-1-4-16(22-8-11)25-6-5-13(9-25)24-17(26)23-12-2-3-14-15(7-12)28-10-27-14/h1-4,7-8,13H,5-6,9-10H2,(H2,23,24,26)/t13-/m1/s1. The van der Waals surface area contributed by atoms with Crippen molar-refractivity contribution in [3.8, 4) is 11.5 Å². The summed E-state index contributed by atoms with van der Waals surface area (Å²) in [5, 5.41) is 5.59. The van der Waals surface area contributed by atoms with Crippen LogP contribution in [0.2, 0.25) is 0 Å². The zero-order valence-corrected chi connectivity index (χ0v) is 14.6. The predicted octanol–water partition coefficient (Wildman–Crippen LogP) is 3.23. The number of nitrogens with zero attached hydrogens (tertiary/aromatic N) is 2. The molecule has 2 aromatic rings. The number of carbonyl (C=O) groups excluding carboxylic acids is 1. The molecule has 0 bridgehead atoms. The minimum atomic E-state index is -4.41. The van der Waals surface area contributed by atoms with Gasteiger partial charge in [-0.25, -0.2) is 9.78 Å². The lowest BCUT2D eigenvalue weighted by Crippen LogP contribution is -2.39. The van der Waals surface area contributed by atoms with Crippen molar-refractivity contribution >= 4 is 17.5 Å². The number of hydrogen-bond acceptors (Lipinski definition) is 5. The summed E-state index contributed by atoms with van der Waals surface area (Å²) in [7, 11) is 0. The number of amides is 2. The van der Waals surface area contributed by atoms with Crippen molar-refractivity contribution in [2.24, 2.45) is 0 Å². The van der Waals surface area contributed by atoms with E-state index in [0.717, 1.165) is 12.3 Å². The van der Waals surface area contributed by atoms with E-state index in [-0.39, 0.29) is 18.9 Å². The largest absolute Gasteiger partial charge is 0.454 e. The lowest BCUT2D eigenvalue weighted by atomic mass is 10.2. The van der Waals surface area contributed by atoms with Gasteiger partial charge in [-0.05, 0) is 30.7 Å². The summed E-state index contributed by atoms with van der Waals surface area (Å²) in [5.74, 6) is 1.65. The number of urea groups is 1. The highest BCUT2D eigenvalue weighted by molar-refractivity contribution is 5.90. The van der Waals surface area contributed by atoms with Gasteiger partial charge in [0.15, 0.2) is 11.5 Å². The second kappa shape index (κ2) is 7.10. The molecule has 148 valence electrons. The average molecular weight is 394 g/mol. The SMILES string of the molecule is O=C(Nc1ccc2c(c1)OCO2)N[C@@H]1CCN(c2ccc(C(F)(F)F)cn2)C1. The molecular weight excluding hydrogens is 377 g/mol. The van der Waals surface area contributed by atoms with Gasteiger partial charge in [-0.3, -0.25) is 0 Å². The quantitative estimate of drug-likeness (QED) is 0.836. The summed E-state index contributed by atoms with van der Waals surface area (Å²) in [6.07, 6.45) is -2.92. The molecule has 0 saturated carbocycles. The maximum atomic E-state index is 12.6. The van der Waals surface area contributed by atoms with Crippen molar-refractivity contribution < 1.29 is 27.4 Å². The highest BCUT2D eigenvalue weighted by Gasteiger charge is 2.31. The van der Waals surface area contributed by atoms with Gasteiger partial charge in [0.2, 0.25) is 6.79 Å². The van der Waals surface area contributed by atoms with Crippen LogP contribution in [0.5, 0.6) is 11.5 Å². The lowest BCUT2D eigenvalue weighted by Gasteiger charge is -2.18. The first kappa shape index (κ1) is 18.2. The first-order chi connectivity index (χ1) is 13.4. The highest BCUT2D eigenvalue weighted by Crippen LogP contribution is 2.34. The monoisotopic (exact) mass is 394 g/mol. The summed E-state index contributed by atoms with van der Waals surface area (Å²) in [5.41, 5.74) is -0.214. The molecule has 10 heteroatoms. The van der Waals surface area contributed by atoms with Crippen LogP contribution in [0.1, 0.15) is 12.0 Å². The van der Waals surface area contributed by atoms with Crippen LogP contribution in [0, 0.1) is 0 Å². The summed E-state index contributed by atoms with van der Waals surface area (Å²) < 4.78 is 48.4. The number of alkyl halides is 3. The molecule has 1 aromatic heterocycles. The third-order valence-corrected chi connectivity index (χ3v) is 4.55. The smallest absolute Gasteiger partial charge is 0.417 e. The van der Waals surface area contributed by atoms with E-state index in [4.69, 9.17) is 9.47 Å². The van der Waals surface area contributed by atoms with E-state index in [0.29, 0.717) is 42.5 Å². The first-order valence-electron chi connectivity index (χ1n) is 8.64. The summed E-state index contributed by atoms with van der Waals surface area (Å²) in [6, 6.07) is 6.94. The van der Waals surface area contributed by atoms with Crippen LogP contribution in [-0.4, -0.2) is 36.9 Å². The van der Waals surface area contributed by atoms with Crippen molar-refractivity contribution in [3.63, 3.8) is 0 Å². The molecule has 28 heavy (non-hydrogen) atoms. The Morgan fingerprint density at radius 1 is 1.18 bits per heavy atom. The molecule has 7 nitrogen and oxygen atoms in total. The Bertz CT molecular complexity index is 873. The number of anilines is 2. The molecule has 1 saturated heterocycles. The first-order valence-corrected chi connectivity index (χ1v) is 8.64. The topological polar surface area (TPSA) is 75.7 Å². The Kier molecular flexibility index (Phi) is 4.62. The van der Waals surface area contributed by atoms with Crippen LogP contribution in [0.3, 0.4) is 0 Å². The third-order valence-electron chi connectivity index (χ3n) is 4.55. The average Bonchev–Trinajstić information content (AvgIpc) is 3.30. The molecule has 2 N–H and O–H groups in total. The van der Waals surface area contributed by atoms with Crippen LogP contribution in [-0.2, 0) is 6.18 Å². The second-order valence-electron chi connectivity index (χ2n) is 6.50. The molecule has 0 unspecified atom stereocenters. The minimum Gasteiger partial charge on any atom is -0.454 e. The molecule has 0 aliphatic carbocycles. The molecule has 3 heterocycles. The molecule has 2 aliphatic heterocycles. The summed E-state index contributed by atoms with van der Waals surface area (Å²) >= 11 is 0. The van der Waals surface area contributed by atoms with Gasteiger partial charge in [0, 0.05) is 37.1 Å². The molecule has 1 fully saturated rings. The van der Waals surface area contributed by atoms with Crippen molar-refractivity contribution in [2.75, 3.05) is 30.1 Å². The fraction of sp³-hybridized carbons (Fsp3) is 0.333. The molecule has 1 atom stereocenters. The number of nitrogens with one attached hydrogen (secondary N) is 2. The molecular formula is C18H17F3N4O3. The number of pyridine rings is 1. The van der Waals surface area contributed by atoms with Crippen molar-refractivity contribution in [1.29, 1.82) is 0 Å². The fourth-order valence-corrected chi connectivity index (χ4v) is 3.15. The fourth-order valence-electron chi connectivity index (χ4n) is 3.15. The number of halogens is 3. The third kappa shape index (κ3) is 3.90. The van der Waals surface area contributed by atoms with E-state index >= 15 is 0 Å². The number of hydrogen-bond donors (Lipinski definition) is 2. The zero-order valence-electron chi connectivity index (χ0n) is 14.6. The minimum absolute atomic E-state index is 0.141. The number of ether oxygens (including phenoxy) is 2. The molecule has 2 aliphatic rings. The van der Waals surface area contributed by atoms with E-state index in [9.17, 15) is 18.0 Å². The van der Waals surface area contributed by atoms with E-state index in [1.54, 1.807) is 18.2 Å². The molecule has 4 rings (SSSR count). The van der Waals surface area contributed by atoms with Crippen LogP contribution in [0.4, 0.5) is 29.5 Å². The van der Waals surface area contributed by atoms with E-state index in [1.165, 1.54) is 6.07 Å². The number of carbonyl (C=O) groups is 1. The van der Waals surface area contributed by atoms with E-state index < -0.39 is 11.7 Å². The van der Waals surface area contributed by atoms with Gasteiger partial charge in [-0.15, -0.1) is 0 Å². The van der Waals surface area contributed by atoms with Gasteiger partial charge in [0.05, 0.1) is 5.56 Å². The van der Waals surface area contributed by atoms with Crippen molar-refractivity contribution in [3.05, 3.63) is 42.1 Å². The highest BCUT2D eigenvalue weighted by atomic mass is 19.4. The van der Waals surface area contributed by atoms with E-state index in [2.05, 4.69) is 15.6 Å². The van der Waals surface area contributed by atoms with Gasteiger partial charge >= 0.3 is 12.2 Å². The Balaban J connectivity index is 1.31. The lowest BCUT2D eigenvalue weighted by molar-refractivity contribution is -0.137. The second-order valence-corrected chi connectivity index (χ2v) is 6.50. The normalized spacial score (nSPS) is 18.2. The van der Waals surface area contributed by atoms with Crippen LogP contribution < -0.4 is 25.0 Å². The van der Waals surface area contributed by atoms with Crippen LogP contribution >= 0.6 is 0 Å². The maximum absolute atomic E-state index is 12.6. The molecule has 0 radical (unpaired) electrons. The Morgan fingerprint density at radius 3 is 2.75 bits per heavy atom. The molecule has 1 aromatic carbocycles. The zero-order chi connectivity index (χ0) is 19.7. The number of fused-ring (bicyclic) bond motifs is 1. The van der Waals surface area contributed by atoms with E-state index in [1.807, 2.05) is 4.90 Å². The molecule has 2 amide bonds. The van der Waals surface area contributed by atoms with Crippen molar-refractivity contribution in [1.82, 2.24) is 10.3 Å². The Morgan fingerprint density at radius 2 is 2.00 bits per heavy atom. The number of rotatable bonds is 3. The van der Waals surface area contributed by atoms with Gasteiger partial charge in [-0.1, -0.05) is 0 Å². The predicted molar refractivity (Wildman–Crippen MR) is 94.6 cm³/mol. The van der Waals surface area contributed by atoms with Gasteiger partial charge in [-0.2, -0.15) is 13.2 Å². The number of aromatic nitrogens is 1. The van der Waals surface area contributed by atoms with Crippen molar-refractivity contribution in [2.45, 2.75) is 18.6 Å². The van der Waals surface area contributed by atoms with Gasteiger partial charge in [0.25, 0.3) is 0 Å². The Labute approximate surface area is 158 Å². The van der Waals surface area contributed by atoms with Gasteiger partial charge < -0.3 is 25.0 Å². The Hall–Kier alpha value is -3.17. The van der Waals surface area contributed by atoms with Crippen LogP contribution in [0.25, 0.3) is 0 Å². The number of benzene rings is 1.